The van der Waals surface area contributed by atoms with Gasteiger partial charge in [0, 0.05) is 12.0 Å². The van der Waals surface area contributed by atoms with E-state index in [1.807, 2.05) is 0 Å². The van der Waals surface area contributed by atoms with Crippen molar-refractivity contribution in [2.45, 2.75) is 12.8 Å². The maximum atomic E-state index is 10.9. The second kappa shape index (κ2) is 5.57. The Hall–Kier alpha value is -2.28. The first-order chi connectivity index (χ1) is 9.06. The zero-order valence-corrected chi connectivity index (χ0v) is 10.6. The molecule has 0 unspecified atom stereocenters. The van der Waals surface area contributed by atoms with Crippen LogP contribution in [0.4, 0.5) is 0 Å². The fourth-order valence-corrected chi connectivity index (χ4v) is 2.18. The smallest absolute Gasteiger partial charge is 0.335 e. The maximum absolute atomic E-state index is 10.9. The molecule has 19 heavy (non-hydrogen) atoms. The average Bonchev–Trinajstić information content (AvgIpc) is 2.85. The summed E-state index contributed by atoms with van der Waals surface area (Å²) in [6, 6.07) is 6.40. The molecule has 0 atom stereocenters. The van der Waals surface area contributed by atoms with Crippen LogP contribution in [0.1, 0.15) is 22.6 Å². The summed E-state index contributed by atoms with van der Waals surface area (Å²) >= 11 is 1.13. The molecule has 2 rings (SSSR count). The molecule has 1 aromatic carbocycles. The van der Waals surface area contributed by atoms with E-state index in [2.05, 4.69) is 9.36 Å². The van der Waals surface area contributed by atoms with Crippen LogP contribution in [-0.4, -0.2) is 31.5 Å². The summed E-state index contributed by atoms with van der Waals surface area (Å²) in [6.07, 6.45) is 0.246. The summed E-state index contributed by atoms with van der Waals surface area (Å²) in [4.78, 5) is 25.5. The Bertz CT molecular complexity index is 624. The summed E-state index contributed by atoms with van der Waals surface area (Å²) in [7, 11) is 0. The molecular weight excluding hydrogens is 268 g/mol. The van der Waals surface area contributed by atoms with Gasteiger partial charge in [-0.25, -0.2) is 9.78 Å². The fourth-order valence-electron chi connectivity index (χ4n) is 1.48. The first-order valence-corrected chi connectivity index (χ1v) is 6.21. The van der Waals surface area contributed by atoms with E-state index < -0.39 is 11.9 Å². The summed E-state index contributed by atoms with van der Waals surface area (Å²) in [5.74, 6) is -1.44. The fraction of sp³-hybridized carbons (Fsp3) is 0.167. The normalized spacial score (nSPS) is 10.3. The molecule has 0 aliphatic rings. The van der Waals surface area contributed by atoms with Crippen LogP contribution in [0.25, 0.3) is 10.6 Å². The second-order valence-corrected chi connectivity index (χ2v) is 4.55. The van der Waals surface area contributed by atoms with Gasteiger partial charge in [0.2, 0.25) is 0 Å². The molecule has 0 saturated heterocycles. The van der Waals surface area contributed by atoms with Gasteiger partial charge in [-0.15, -0.1) is 0 Å². The molecule has 0 amide bonds. The van der Waals surface area contributed by atoms with Crippen molar-refractivity contribution in [1.82, 2.24) is 9.36 Å². The monoisotopic (exact) mass is 278 g/mol. The van der Waals surface area contributed by atoms with E-state index in [9.17, 15) is 9.59 Å². The van der Waals surface area contributed by atoms with E-state index in [-0.39, 0.29) is 18.4 Å². The highest BCUT2D eigenvalue weighted by Crippen LogP contribution is 2.22. The maximum Gasteiger partial charge on any atom is 0.335 e. The molecule has 0 bridgehead atoms. The molecule has 1 heterocycles. The number of aromatic nitrogens is 2. The van der Waals surface area contributed by atoms with Crippen molar-refractivity contribution in [3.63, 3.8) is 0 Å². The minimum Gasteiger partial charge on any atom is -0.481 e. The van der Waals surface area contributed by atoms with E-state index in [0.717, 1.165) is 11.5 Å². The lowest BCUT2D eigenvalue weighted by Crippen LogP contribution is -1.98. The quantitative estimate of drug-likeness (QED) is 0.866. The number of aromatic carboxylic acids is 1. The minimum atomic E-state index is -1.00. The Kier molecular flexibility index (Phi) is 3.86. The zero-order chi connectivity index (χ0) is 13.8. The lowest BCUT2D eigenvalue weighted by molar-refractivity contribution is -0.137. The molecule has 0 saturated carbocycles. The standard InChI is InChI=1S/C12H10N2O4S/c15-10(16)5-4-9-13-11(19-14-9)7-2-1-3-8(6-7)12(17)18/h1-3,6H,4-5H2,(H,15,16)(H,17,18). The molecule has 0 fully saturated rings. The van der Waals surface area contributed by atoms with Gasteiger partial charge in [-0.2, -0.15) is 4.37 Å². The second-order valence-electron chi connectivity index (χ2n) is 3.80. The number of carbonyl (C=O) groups is 2. The summed E-state index contributed by atoms with van der Waals surface area (Å²) in [5.41, 5.74) is 0.846. The Morgan fingerprint density at radius 1 is 1.26 bits per heavy atom. The number of rotatable bonds is 5. The molecular formula is C12H10N2O4S. The number of benzene rings is 1. The minimum absolute atomic E-state index is 0.0225. The molecule has 0 aliphatic carbocycles. The van der Waals surface area contributed by atoms with Crippen molar-refractivity contribution < 1.29 is 19.8 Å². The number of hydrogen-bond donors (Lipinski definition) is 2. The highest BCUT2D eigenvalue weighted by molar-refractivity contribution is 7.09. The molecule has 7 heteroatoms. The lowest BCUT2D eigenvalue weighted by Gasteiger charge is -1.97. The summed E-state index contributed by atoms with van der Waals surface area (Å²) in [6.45, 7) is 0. The average molecular weight is 278 g/mol. The highest BCUT2D eigenvalue weighted by Gasteiger charge is 2.10. The Balaban J connectivity index is 2.20. The molecule has 6 nitrogen and oxygen atoms in total. The van der Waals surface area contributed by atoms with E-state index in [1.165, 1.54) is 12.1 Å². The number of carboxylic acid groups (broad SMARTS) is 2. The molecule has 0 spiro atoms. The van der Waals surface area contributed by atoms with Gasteiger partial charge in [-0.3, -0.25) is 4.79 Å². The van der Waals surface area contributed by atoms with Gasteiger partial charge in [0.15, 0.2) is 0 Å². The van der Waals surface area contributed by atoms with Crippen LogP contribution in [0.2, 0.25) is 0 Å². The van der Waals surface area contributed by atoms with Crippen molar-refractivity contribution in [1.29, 1.82) is 0 Å². The summed E-state index contributed by atoms with van der Waals surface area (Å²) < 4.78 is 4.06. The van der Waals surface area contributed by atoms with Crippen LogP contribution < -0.4 is 0 Å². The van der Waals surface area contributed by atoms with Crippen molar-refractivity contribution in [3.8, 4) is 10.6 Å². The first kappa shape index (κ1) is 13.2. The summed E-state index contributed by atoms with van der Waals surface area (Å²) in [5, 5.41) is 18.1. The third-order valence-electron chi connectivity index (χ3n) is 2.39. The van der Waals surface area contributed by atoms with Gasteiger partial charge in [-0.05, 0) is 23.7 Å². The van der Waals surface area contributed by atoms with Gasteiger partial charge in [0.1, 0.15) is 10.8 Å². The van der Waals surface area contributed by atoms with Crippen LogP contribution in [0.15, 0.2) is 24.3 Å². The van der Waals surface area contributed by atoms with Crippen molar-refractivity contribution in [2.75, 3.05) is 0 Å². The third-order valence-corrected chi connectivity index (χ3v) is 3.19. The predicted octanol–water partition coefficient (Wildman–Crippen LogP) is 1.92. The Morgan fingerprint density at radius 3 is 2.74 bits per heavy atom. The largest absolute Gasteiger partial charge is 0.481 e. The van der Waals surface area contributed by atoms with E-state index >= 15 is 0 Å². The first-order valence-electron chi connectivity index (χ1n) is 5.44. The van der Waals surface area contributed by atoms with Gasteiger partial charge in [0.25, 0.3) is 0 Å². The van der Waals surface area contributed by atoms with Crippen molar-refractivity contribution >= 4 is 23.5 Å². The van der Waals surface area contributed by atoms with E-state index in [1.54, 1.807) is 12.1 Å². The van der Waals surface area contributed by atoms with Crippen LogP contribution in [0.5, 0.6) is 0 Å². The molecule has 0 radical (unpaired) electrons. The Labute approximate surface area is 112 Å². The number of aryl methyl sites for hydroxylation is 1. The van der Waals surface area contributed by atoms with E-state index in [0.29, 0.717) is 16.4 Å². The molecule has 0 aliphatic heterocycles. The molecule has 1 aromatic heterocycles. The van der Waals surface area contributed by atoms with Crippen LogP contribution in [-0.2, 0) is 11.2 Å². The number of nitrogens with zero attached hydrogens (tertiary/aromatic N) is 2. The van der Waals surface area contributed by atoms with Crippen molar-refractivity contribution in [3.05, 3.63) is 35.7 Å². The number of hydrogen-bond acceptors (Lipinski definition) is 5. The molecule has 2 N–H and O–H groups in total. The van der Waals surface area contributed by atoms with Gasteiger partial charge >= 0.3 is 11.9 Å². The van der Waals surface area contributed by atoms with Gasteiger partial charge < -0.3 is 10.2 Å². The van der Waals surface area contributed by atoms with Crippen molar-refractivity contribution in [2.24, 2.45) is 0 Å². The van der Waals surface area contributed by atoms with Gasteiger partial charge in [-0.1, -0.05) is 12.1 Å². The van der Waals surface area contributed by atoms with Gasteiger partial charge in [0.05, 0.1) is 12.0 Å². The Morgan fingerprint density at radius 2 is 2.05 bits per heavy atom. The highest BCUT2D eigenvalue weighted by atomic mass is 32.1. The predicted molar refractivity (Wildman–Crippen MR) is 68.3 cm³/mol. The number of carboxylic acids is 2. The van der Waals surface area contributed by atoms with Crippen LogP contribution in [0.3, 0.4) is 0 Å². The third kappa shape index (κ3) is 3.35. The number of aliphatic carboxylic acids is 1. The zero-order valence-electron chi connectivity index (χ0n) is 9.74. The van der Waals surface area contributed by atoms with Crippen LogP contribution >= 0.6 is 11.5 Å². The van der Waals surface area contributed by atoms with Crippen LogP contribution in [0, 0.1) is 0 Å². The molecule has 98 valence electrons. The SMILES string of the molecule is O=C(O)CCc1nsc(-c2cccc(C(=O)O)c2)n1. The topological polar surface area (TPSA) is 100 Å². The molecule has 2 aromatic rings. The lowest BCUT2D eigenvalue weighted by atomic mass is 10.1. The van der Waals surface area contributed by atoms with E-state index in [4.69, 9.17) is 10.2 Å².